The summed E-state index contributed by atoms with van der Waals surface area (Å²) < 4.78 is 5.77. The molecule has 0 atom stereocenters. The average molecular weight is 260 g/mol. The zero-order valence-corrected chi connectivity index (χ0v) is 11.8. The van der Waals surface area contributed by atoms with E-state index in [1.807, 2.05) is 27.0 Å². The van der Waals surface area contributed by atoms with Crippen LogP contribution >= 0.6 is 0 Å². The minimum Gasteiger partial charge on any atom is -0.488 e. The van der Waals surface area contributed by atoms with Crippen molar-refractivity contribution in [1.29, 1.82) is 0 Å². The molecule has 4 nitrogen and oxygen atoms in total. The van der Waals surface area contributed by atoms with Gasteiger partial charge in [0.15, 0.2) is 12.0 Å². The average Bonchev–Trinajstić information content (AvgIpc) is 2.73. The molecule has 2 aromatic rings. The maximum absolute atomic E-state index is 11.2. The van der Waals surface area contributed by atoms with Crippen molar-refractivity contribution in [2.24, 2.45) is 0 Å². The number of carbonyl (C=O) groups is 1. The van der Waals surface area contributed by atoms with Crippen molar-refractivity contribution >= 4 is 22.9 Å². The van der Waals surface area contributed by atoms with Crippen LogP contribution in [0, 0.1) is 0 Å². The number of rotatable bonds is 5. The summed E-state index contributed by atoms with van der Waals surface area (Å²) in [5.74, 6) is 0.638. The van der Waals surface area contributed by atoms with E-state index in [9.17, 15) is 4.79 Å². The number of aldehydes is 1. The van der Waals surface area contributed by atoms with E-state index in [1.54, 1.807) is 0 Å². The molecule has 1 aromatic heterocycles. The third-order valence-corrected chi connectivity index (χ3v) is 3.12. The van der Waals surface area contributed by atoms with Gasteiger partial charge in [0, 0.05) is 18.1 Å². The second-order valence-electron chi connectivity index (χ2n) is 4.81. The number of benzene rings is 1. The van der Waals surface area contributed by atoms with Crippen LogP contribution in [-0.4, -0.2) is 24.4 Å². The molecule has 0 aliphatic rings. The molecule has 0 bridgehead atoms. The first-order chi connectivity index (χ1) is 9.10. The molecule has 2 rings (SSSR count). The van der Waals surface area contributed by atoms with Gasteiger partial charge in [-0.05, 0) is 38.0 Å². The van der Waals surface area contributed by atoms with E-state index in [4.69, 9.17) is 4.74 Å². The van der Waals surface area contributed by atoms with Crippen LogP contribution in [0.2, 0.25) is 0 Å². The zero-order chi connectivity index (χ0) is 14.0. The lowest BCUT2D eigenvalue weighted by Crippen LogP contribution is -2.06. The summed E-state index contributed by atoms with van der Waals surface area (Å²) in [6.45, 7) is 6.01. The van der Waals surface area contributed by atoms with E-state index in [0.29, 0.717) is 11.4 Å². The Morgan fingerprint density at radius 3 is 2.68 bits per heavy atom. The number of ether oxygens (including phenoxy) is 1. The molecular weight excluding hydrogens is 240 g/mol. The highest BCUT2D eigenvalue weighted by atomic mass is 16.5. The van der Waals surface area contributed by atoms with Gasteiger partial charge >= 0.3 is 0 Å². The van der Waals surface area contributed by atoms with Gasteiger partial charge in [-0.3, -0.25) is 4.79 Å². The van der Waals surface area contributed by atoms with Gasteiger partial charge in [0.05, 0.1) is 11.6 Å². The molecular formula is C15H20N2O2. The van der Waals surface area contributed by atoms with Crippen LogP contribution in [0.15, 0.2) is 12.1 Å². The van der Waals surface area contributed by atoms with Gasteiger partial charge in [0.1, 0.15) is 5.69 Å². The van der Waals surface area contributed by atoms with Crippen molar-refractivity contribution in [2.75, 3.05) is 12.4 Å². The Balaban J connectivity index is 2.68. The monoisotopic (exact) mass is 260 g/mol. The maximum atomic E-state index is 11.2. The molecule has 1 heterocycles. The highest BCUT2D eigenvalue weighted by molar-refractivity contribution is 5.97. The third-order valence-electron chi connectivity index (χ3n) is 3.12. The van der Waals surface area contributed by atoms with Gasteiger partial charge in [0.2, 0.25) is 0 Å². The van der Waals surface area contributed by atoms with Gasteiger partial charge in [-0.25, -0.2) is 0 Å². The molecule has 0 fully saturated rings. The normalized spacial score (nSPS) is 11.0. The standard InChI is InChI=1S/C15H20N2O2/c1-5-10-6-13-11(7-12(10)16-4)15(19-9(2)3)14(8-18)17-13/h6-9,16-17H,5H2,1-4H3. The minimum absolute atomic E-state index is 0.0292. The second kappa shape index (κ2) is 5.34. The SMILES string of the molecule is CCc1cc2[nH]c(C=O)c(OC(C)C)c2cc1NC. The highest BCUT2D eigenvalue weighted by Crippen LogP contribution is 2.34. The fourth-order valence-corrected chi connectivity index (χ4v) is 2.25. The molecule has 0 amide bonds. The number of aryl methyl sites for hydroxylation is 1. The first-order valence-corrected chi connectivity index (χ1v) is 6.58. The fourth-order valence-electron chi connectivity index (χ4n) is 2.25. The molecule has 0 radical (unpaired) electrons. The summed E-state index contributed by atoms with van der Waals surface area (Å²) in [6.07, 6.45) is 1.77. The first kappa shape index (κ1) is 13.5. The van der Waals surface area contributed by atoms with Crippen molar-refractivity contribution < 1.29 is 9.53 Å². The summed E-state index contributed by atoms with van der Waals surface area (Å²) in [6, 6.07) is 4.11. The number of aromatic amines is 1. The van der Waals surface area contributed by atoms with E-state index in [0.717, 1.165) is 29.3 Å². The van der Waals surface area contributed by atoms with Crippen molar-refractivity contribution in [3.63, 3.8) is 0 Å². The number of nitrogens with one attached hydrogen (secondary N) is 2. The molecule has 102 valence electrons. The third kappa shape index (κ3) is 2.43. The Labute approximate surface area is 113 Å². The van der Waals surface area contributed by atoms with Crippen LogP contribution in [-0.2, 0) is 6.42 Å². The Bertz CT molecular complexity index is 600. The maximum Gasteiger partial charge on any atom is 0.170 e. The van der Waals surface area contributed by atoms with Crippen molar-refractivity contribution in [1.82, 2.24) is 4.98 Å². The van der Waals surface area contributed by atoms with E-state index in [-0.39, 0.29) is 6.10 Å². The molecule has 4 heteroatoms. The van der Waals surface area contributed by atoms with Crippen LogP contribution in [0.5, 0.6) is 5.75 Å². The fraction of sp³-hybridized carbons (Fsp3) is 0.400. The van der Waals surface area contributed by atoms with Crippen LogP contribution in [0.4, 0.5) is 5.69 Å². The molecule has 0 aliphatic heterocycles. The number of hydrogen-bond donors (Lipinski definition) is 2. The van der Waals surface area contributed by atoms with Crippen molar-refractivity contribution in [3.8, 4) is 5.75 Å². The first-order valence-electron chi connectivity index (χ1n) is 6.58. The Kier molecular flexibility index (Phi) is 3.79. The van der Waals surface area contributed by atoms with Crippen LogP contribution in [0.3, 0.4) is 0 Å². The Morgan fingerprint density at radius 2 is 2.16 bits per heavy atom. The molecule has 0 saturated heterocycles. The molecule has 0 unspecified atom stereocenters. The minimum atomic E-state index is 0.0292. The molecule has 19 heavy (non-hydrogen) atoms. The van der Waals surface area contributed by atoms with E-state index in [1.165, 1.54) is 5.56 Å². The van der Waals surface area contributed by atoms with Gasteiger partial charge in [-0.1, -0.05) is 6.92 Å². The predicted octanol–water partition coefficient (Wildman–Crippen LogP) is 3.37. The van der Waals surface area contributed by atoms with Crippen molar-refractivity contribution in [3.05, 3.63) is 23.4 Å². The highest BCUT2D eigenvalue weighted by Gasteiger charge is 2.15. The van der Waals surface area contributed by atoms with Gasteiger partial charge in [-0.15, -0.1) is 0 Å². The summed E-state index contributed by atoms with van der Waals surface area (Å²) in [5.41, 5.74) is 3.72. The predicted molar refractivity (Wildman–Crippen MR) is 78.4 cm³/mol. The number of hydrogen-bond acceptors (Lipinski definition) is 3. The van der Waals surface area contributed by atoms with E-state index >= 15 is 0 Å². The van der Waals surface area contributed by atoms with Crippen molar-refractivity contribution in [2.45, 2.75) is 33.3 Å². The number of aromatic nitrogens is 1. The second-order valence-corrected chi connectivity index (χ2v) is 4.81. The molecule has 2 N–H and O–H groups in total. The lowest BCUT2D eigenvalue weighted by Gasteiger charge is -2.11. The Morgan fingerprint density at radius 1 is 1.42 bits per heavy atom. The van der Waals surface area contributed by atoms with E-state index in [2.05, 4.69) is 23.3 Å². The molecule has 1 aromatic carbocycles. The molecule has 0 aliphatic carbocycles. The topological polar surface area (TPSA) is 54.1 Å². The summed E-state index contributed by atoms with van der Waals surface area (Å²) in [5, 5.41) is 4.13. The summed E-state index contributed by atoms with van der Waals surface area (Å²) in [7, 11) is 1.90. The quantitative estimate of drug-likeness (QED) is 0.810. The number of H-pyrrole nitrogens is 1. The van der Waals surface area contributed by atoms with Gasteiger partial charge in [0.25, 0.3) is 0 Å². The Hall–Kier alpha value is -1.97. The number of fused-ring (bicyclic) bond motifs is 1. The lowest BCUT2D eigenvalue weighted by atomic mass is 10.1. The smallest absolute Gasteiger partial charge is 0.170 e. The van der Waals surface area contributed by atoms with Crippen LogP contribution in [0.1, 0.15) is 36.8 Å². The largest absolute Gasteiger partial charge is 0.488 e. The zero-order valence-electron chi connectivity index (χ0n) is 11.8. The lowest BCUT2D eigenvalue weighted by molar-refractivity contribution is 0.111. The number of anilines is 1. The van der Waals surface area contributed by atoms with Crippen LogP contribution < -0.4 is 10.1 Å². The summed E-state index contributed by atoms with van der Waals surface area (Å²) in [4.78, 5) is 14.3. The van der Waals surface area contributed by atoms with Crippen LogP contribution in [0.25, 0.3) is 10.9 Å². The molecule has 0 spiro atoms. The van der Waals surface area contributed by atoms with Gasteiger partial charge < -0.3 is 15.0 Å². The van der Waals surface area contributed by atoms with Gasteiger partial charge in [-0.2, -0.15) is 0 Å². The molecule has 0 saturated carbocycles. The van der Waals surface area contributed by atoms with E-state index < -0.39 is 0 Å². The number of carbonyl (C=O) groups excluding carboxylic acids is 1. The summed E-state index contributed by atoms with van der Waals surface area (Å²) >= 11 is 0.